The Balaban J connectivity index is 1.83. The van der Waals surface area contributed by atoms with Crippen LogP contribution in [0.1, 0.15) is 30.0 Å². The third kappa shape index (κ3) is 5.82. The molecule has 1 atom stereocenters. The van der Waals surface area contributed by atoms with Crippen LogP contribution in [0.5, 0.6) is 11.5 Å². The molecule has 134 valence electrons. The van der Waals surface area contributed by atoms with E-state index in [0.717, 1.165) is 34.6 Å². The SMILES string of the molecule is CC[C@@H](COc1cccc(C)c1)NC(=O)COc1c(C)cccc1C. The van der Waals surface area contributed by atoms with Gasteiger partial charge in [-0.15, -0.1) is 0 Å². The standard InChI is InChI=1S/C21H27NO3/c1-5-18(13-24-19-11-6-8-15(2)12-19)22-20(23)14-25-21-16(3)9-7-10-17(21)4/h6-12,18H,5,13-14H2,1-4H3,(H,22,23)/t18-/m0/s1. The molecule has 2 rings (SSSR count). The molecule has 0 heterocycles. The minimum Gasteiger partial charge on any atom is -0.491 e. The van der Waals surface area contributed by atoms with E-state index in [1.54, 1.807) is 0 Å². The minimum absolute atomic E-state index is 0.00659. The van der Waals surface area contributed by atoms with Crippen molar-refractivity contribution in [3.05, 3.63) is 59.2 Å². The summed E-state index contributed by atoms with van der Waals surface area (Å²) >= 11 is 0. The molecule has 25 heavy (non-hydrogen) atoms. The zero-order valence-corrected chi connectivity index (χ0v) is 15.5. The third-order valence-electron chi connectivity index (χ3n) is 4.05. The fraction of sp³-hybridized carbons (Fsp3) is 0.381. The van der Waals surface area contributed by atoms with Crippen LogP contribution in [0.2, 0.25) is 0 Å². The number of carbonyl (C=O) groups excluding carboxylic acids is 1. The van der Waals surface area contributed by atoms with Gasteiger partial charge in [0.1, 0.15) is 18.1 Å². The van der Waals surface area contributed by atoms with Crippen molar-refractivity contribution in [3.8, 4) is 11.5 Å². The summed E-state index contributed by atoms with van der Waals surface area (Å²) < 4.78 is 11.5. The second kappa shape index (κ2) is 9.11. The van der Waals surface area contributed by atoms with Gasteiger partial charge in [0.15, 0.2) is 6.61 Å². The van der Waals surface area contributed by atoms with Gasteiger partial charge in [-0.1, -0.05) is 37.3 Å². The fourth-order valence-corrected chi connectivity index (χ4v) is 2.60. The summed E-state index contributed by atoms with van der Waals surface area (Å²) in [5.41, 5.74) is 3.21. The van der Waals surface area contributed by atoms with Gasteiger partial charge < -0.3 is 14.8 Å². The Hall–Kier alpha value is -2.49. The third-order valence-corrected chi connectivity index (χ3v) is 4.05. The topological polar surface area (TPSA) is 47.6 Å². The van der Waals surface area contributed by atoms with E-state index in [9.17, 15) is 4.79 Å². The van der Waals surface area contributed by atoms with Gasteiger partial charge in [0, 0.05) is 0 Å². The molecule has 1 amide bonds. The first-order valence-corrected chi connectivity index (χ1v) is 8.67. The Labute approximate surface area is 150 Å². The molecule has 0 aromatic heterocycles. The molecule has 0 bridgehead atoms. The highest BCUT2D eigenvalue weighted by molar-refractivity contribution is 5.78. The van der Waals surface area contributed by atoms with Gasteiger partial charge in [-0.2, -0.15) is 0 Å². The second-order valence-electron chi connectivity index (χ2n) is 6.31. The number of para-hydroxylation sites is 1. The van der Waals surface area contributed by atoms with Crippen LogP contribution in [-0.4, -0.2) is 25.2 Å². The van der Waals surface area contributed by atoms with E-state index in [0.29, 0.717) is 6.61 Å². The molecular formula is C21H27NO3. The Morgan fingerprint density at radius 3 is 2.36 bits per heavy atom. The number of rotatable bonds is 8. The number of ether oxygens (including phenoxy) is 2. The van der Waals surface area contributed by atoms with E-state index in [-0.39, 0.29) is 18.6 Å². The summed E-state index contributed by atoms with van der Waals surface area (Å²) in [5, 5.41) is 2.97. The van der Waals surface area contributed by atoms with Gasteiger partial charge in [-0.25, -0.2) is 0 Å². The van der Waals surface area contributed by atoms with Crippen molar-refractivity contribution in [2.45, 2.75) is 40.2 Å². The molecule has 0 unspecified atom stereocenters. The van der Waals surface area contributed by atoms with E-state index in [2.05, 4.69) is 5.32 Å². The summed E-state index contributed by atoms with van der Waals surface area (Å²) in [4.78, 5) is 12.2. The van der Waals surface area contributed by atoms with E-state index in [1.807, 2.05) is 70.2 Å². The summed E-state index contributed by atoms with van der Waals surface area (Å²) in [5.74, 6) is 1.46. The molecule has 0 saturated carbocycles. The van der Waals surface area contributed by atoms with Gasteiger partial charge >= 0.3 is 0 Å². The van der Waals surface area contributed by atoms with Crippen LogP contribution < -0.4 is 14.8 Å². The highest BCUT2D eigenvalue weighted by Gasteiger charge is 2.13. The Bertz CT molecular complexity index is 692. The number of aryl methyl sites for hydroxylation is 3. The molecule has 0 radical (unpaired) electrons. The van der Waals surface area contributed by atoms with Crippen molar-refractivity contribution in [1.82, 2.24) is 5.32 Å². The minimum atomic E-state index is -0.137. The molecule has 1 N–H and O–H groups in total. The monoisotopic (exact) mass is 341 g/mol. The van der Waals surface area contributed by atoms with Crippen LogP contribution in [0, 0.1) is 20.8 Å². The van der Waals surface area contributed by atoms with E-state index in [1.165, 1.54) is 0 Å². The number of benzene rings is 2. The quantitative estimate of drug-likeness (QED) is 0.790. The normalized spacial score (nSPS) is 11.7. The van der Waals surface area contributed by atoms with Crippen LogP contribution in [0.3, 0.4) is 0 Å². The van der Waals surface area contributed by atoms with Gasteiger partial charge in [-0.05, 0) is 56.0 Å². The van der Waals surface area contributed by atoms with Crippen LogP contribution in [-0.2, 0) is 4.79 Å². The van der Waals surface area contributed by atoms with Crippen LogP contribution in [0.15, 0.2) is 42.5 Å². The maximum absolute atomic E-state index is 12.2. The summed E-state index contributed by atoms with van der Waals surface area (Å²) in [6.45, 7) is 8.45. The summed E-state index contributed by atoms with van der Waals surface area (Å²) in [7, 11) is 0. The largest absolute Gasteiger partial charge is 0.491 e. The maximum atomic E-state index is 12.2. The second-order valence-corrected chi connectivity index (χ2v) is 6.31. The van der Waals surface area contributed by atoms with Crippen molar-refractivity contribution in [2.24, 2.45) is 0 Å². The number of hydrogen-bond acceptors (Lipinski definition) is 3. The number of hydrogen-bond donors (Lipinski definition) is 1. The average Bonchev–Trinajstić information content (AvgIpc) is 2.58. The lowest BCUT2D eigenvalue weighted by Gasteiger charge is -2.18. The molecule has 0 aliphatic carbocycles. The van der Waals surface area contributed by atoms with Gasteiger partial charge in [0.2, 0.25) is 0 Å². The molecule has 4 heteroatoms. The molecule has 0 fully saturated rings. The molecule has 4 nitrogen and oxygen atoms in total. The predicted octanol–water partition coefficient (Wildman–Crippen LogP) is 3.96. The predicted molar refractivity (Wildman–Crippen MR) is 100 cm³/mol. The number of carbonyl (C=O) groups is 1. The lowest BCUT2D eigenvalue weighted by atomic mass is 10.1. The Morgan fingerprint density at radius 2 is 1.72 bits per heavy atom. The molecule has 0 aliphatic rings. The van der Waals surface area contributed by atoms with Crippen molar-refractivity contribution in [3.63, 3.8) is 0 Å². The van der Waals surface area contributed by atoms with E-state index < -0.39 is 0 Å². The fourth-order valence-electron chi connectivity index (χ4n) is 2.60. The zero-order valence-electron chi connectivity index (χ0n) is 15.5. The van der Waals surface area contributed by atoms with Crippen LogP contribution in [0.4, 0.5) is 0 Å². The molecular weight excluding hydrogens is 314 g/mol. The first-order chi connectivity index (χ1) is 12.0. The Morgan fingerprint density at radius 1 is 1.04 bits per heavy atom. The smallest absolute Gasteiger partial charge is 0.258 e. The van der Waals surface area contributed by atoms with Crippen molar-refractivity contribution in [1.29, 1.82) is 0 Å². The number of amides is 1. The first-order valence-electron chi connectivity index (χ1n) is 8.67. The molecule has 0 saturated heterocycles. The van der Waals surface area contributed by atoms with Crippen molar-refractivity contribution >= 4 is 5.91 Å². The van der Waals surface area contributed by atoms with E-state index >= 15 is 0 Å². The van der Waals surface area contributed by atoms with Gasteiger partial charge in [0.05, 0.1) is 6.04 Å². The molecule has 2 aromatic rings. The average molecular weight is 341 g/mol. The summed E-state index contributed by atoms with van der Waals surface area (Å²) in [6.07, 6.45) is 0.793. The maximum Gasteiger partial charge on any atom is 0.258 e. The molecule has 0 spiro atoms. The zero-order chi connectivity index (χ0) is 18.2. The van der Waals surface area contributed by atoms with Crippen molar-refractivity contribution < 1.29 is 14.3 Å². The van der Waals surface area contributed by atoms with Crippen molar-refractivity contribution in [2.75, 3.05) is 13.2 Å². The highest BCUT2D eigenvalue weighted by atomic mass is 16.5. The van der Waals surface area contributed by atoms with Crippen LogP contribution >= 0.6 is 0 Å². The number of nitrogens with one attached hydrogen (secondary N) is 1. The highest BCUT2D eigenvalue weighted by Crippen LogP contribution is 2.22. The lowest BCUT2D eigenvalue weighted by molar-refractivity contribution is -0.124. The van der Waals surface area contributed by atoms with Gasteiger partial charge in [0.25, 0.3) is 5.91 Å². The van der Waals surface area contributed by atoms with E-state index in [4.69, 9.17) is 9.47 Å². The molecule has 0 aliphatic heterocycles. The van der Waals surface area contributed by atoms with Gasteiger partial charge in [-0.3, -0.25) is 4.79 Å². The lowest BCUT2D eigenvalue weighted by Crippen LogP contribution is -2.41. The first kappa shape index (κ1) is 18.8. The van der Waals surface area contributed by atoms with Crippen LogP contribution in [0.25, 0.3) is 0 Å². The summed E-state index contributed by atoms with van der Waals surface area (Å²) in [6, 6.07) is 13.8. The molecule has 2 aromatic carbocycles. The Kier molecular flexibility index (Phi) is 6.87.